The Morgan fingerprint density at radius 2 is 1.47 bits per heavy atom. The summed E-state index contributed by atoms with van der Waals surface area (Å²) in [7, 11) is 0. The lowest BCUT2D eigenvalue weighted by atomic mass is 9.88. The Balaban J connectivity index is 0.000000171. The van der Waals surface area contributed by atoms with Crippen LogP contribution in [0.25, 0.3) is 0 Å². The Morgan fingerprint density at radius 1 is 1.06 bits per heavy atom. The average molecular weight is 238 g/mol. The number of allylic oxidation sites excluding steroid dienone is 4. The highest BCUT2D eigenvalue weighted by molar-refractivity contribution is 5.75. The fourth-order valence-electron chi connectivity index (χ4n) is 1.89. The Morgan fingerprint density at radius 3 is 1.71 bits per heavy atom. The lowest BCUT2D eigenvalue weighted by Crippen LogP contribution is -2.23. The van der Waals surface area contributed by atoms with Gasteiger partial charge in [0.15, 0.2) is 0 Å². The van der Waals surface area contributed by atoms with E-state index >= 15 is 0 Å². The van der Waals surface area contributed by atoms with Crippen LogP contribution in [-0.4, -0.2) is 22.8 Å². The molecule has 0 aromatic heterocycles. The summed E-state index contributed by atoms with van der Waals surface area (Å²) in [6.45, 7) is 4.20. The molecule has 0 aromatic rings. The molecular formula is C14H22O3. The van der Waals surface area contributed by atoms with Crippen LogP contribution >= 0.6 is 0 Å². The van der Waals surface area contributed by atoms with Gasteiger partial charge in [-0.05, 0) is 38.0 Å². The van der Waals surface area contributed by atoms with Crippen LogP contribution in [0.2, 0.25) is 0 Å². The fraction of sp³-hybridized carbons (Fsp3) is 0.643. The van der Waals surface area contributed by atoms with Gasteiger partial charge in [-0.15, -0.1) is 0 Å². The number of carboxylic acids is 1. The third-order valence-electron chi connectivity index (χ3n) is 3.59. The molecule has 0 aromatic carbocycles. The van der Waals surface area contributed by atoms with Crippen molar-refractivity contribution in [2.45, 2.75) is 39.5 Å². The van der Waals surface area contributed by atoms with Crippen LogP contribution in [-0.2, 0) is 4.79 Å². The highest BCUT2D eigenvalue weighted by atomic mass is 16.4. The van der Waals surface area contributed by atoms with Gasteiger partial charge in [0.25, 0.3) is 0 Å². The van der Waals surface area contributed by atoms with E-state index in [9.17, 15) is 4.79 Å². The molecule has 0 unspecified atom stereocenters. The summed E-state index contributed by atoms with van der Waals surface area (Å²) >= 11 is 0. The molecule has 2 N–H and O–H groups in total. The first-order valence-electron chi connectivity index (χ1n) is 6.06. The Bertz CT molecular complexity index is 312. The molecule has 17 heavy (non-hydrogen) atoms. The number of hydrogen-bond acceptors (Lipinski definition) is 2. The lowest BCUT2D eigenvalue weighted by Gasteiger charge is -2.18. The second-order valence-electron chi connectivity index (χ2n) is 5.59. The molecule has 3 nitrogen and oxygen atoms in total. The largest absolute Gasteiger partial charge is 0.481 e. The van der Waals surface area contributed by atoms with E-state index in [1.807, 2.05) is 12.2 Å². The minimum Gasteiger partial charge on any atom is -0.481 e. The quantitative estimate of drug-likeness (QED) is 0.727. The number of aliphatic hydroxyl groups excluding tert-OH is 1. The minimum absolute atomic E-state index is 0.181. The van der Waals surface area contributed by atoms with Crippen molar-refractivity contribution in [3.05, 3.63) is 24.3 Å². The van der Waals surface area contributed by atoms with E-state index in [1.165, 1.54) is 0 Å². The highest BCUT2D eigenvalue weighted by Crippen LogP contribution is 2.32. The molecule has 0 saturated heterocycles. The van der Waals surface area contributed by atoms with Crippen LogP contribution < -0.4 is 0 Å². The summed E-state index contributed by atoms with van der Waals surface area (Å²) in [6.07, 6.45) is 11.6. The first kappa shape index (κ1) is 14.0. The molecule has 0 aliphatic heterocycles. The predicted molar refractivity (Wildman–Crippen MR) is 67.7 cm³/mol. The third kappa shape index (κ3) is 3.70. The molecule has 0 amide bonds. The molecular weight excluding hydrogens is 216 g/mol. The SMILES string of the molecule is CC1(C(=O)O)CC=CC1.CC1(CO)CC=CC1. The van der Waals surface area contributed by atoms with E-state index in [2.05, 4.69) is 19.1 Å². The van der Waals surface area contributed by atoms with E-state index < -0.39 is 11.4 Å². The maximum Gasteiger partial charge on any atom is 0.309 e. The monoisotopic (exact) mass is 238 g/mol. The van der Waals surface area contributed by atoms with E-state index in [0.29, 0.717) is 19.4 Å². The van der Waals surface area contributed by atoms with Gasteiger partial charge in [-0.2, -0.15) is 0 Å². The van der Waals surface area contributed by atoms with Crippen LogP contribution in [0, 0.1) is 10.8 Å². The molecule has 0 fully saturated rings. The number of rotatable bonds is 2. The first-order chi connectivity index (χ1) is 7.92. The molecule has 0 atom stereocenters. The predicted octanol–water partition coefficient (Wildman–Crippen LogP) is 2.76. The van der Waals surface area contributed by atoms with Crippen molar-refractivity contribution in [1.29, 1.82) is 0 Å². The van der Waals surface area contributed by atoms with Crippen molar-refractivity contribution in [3.8, 4) is 0 Å². The number of carbonyl (C=O) groups is 1. The second-order valence-corrected chi connectivity index (χ2v) is 5.59. The van der Waals surface area contributed by atoms with E-state index in [-0.39, 0.29) is 5.41 Å². The van der Waals surface area contributed by atoms with Crippen molar-refractivity contribution in [1.82, 2.24) is 0 Å². The van der Waals surface area contributed by atoms with Gasteiger partial charge in [0.2, 0.25) is 0 Å². The first-order valence-corrected chi connectivity index (χ1v) is 6.06. The molecule has 2 rings (SSSR count). The topological polar surface area (TPSA) is 57.5 Å². The molecule has 0 bridgehead atoms. The molecule has 0 spiro atoms. The van der Waals surface area contributed by atoms with Gasteiger partial charge in [0.05, 0.1) is 5.41 Å². The molecule has 0 heterocycles. The van der Waals surface area contributed by atoms with Gasteiger partial charge < -0.3 is 10.2 Å². The summed E-state index contributed by atoms with van der Waals surface area (Å²) in [4.78, 5) is 10.5. The molecule has 3 heteroatoms. The van der Waals surface area contributed by atoms with Crippen molar-refractivity contribution >= 4 is 5.97 Å². The van der Waals surface area contributed by atoms with Crippen LogP contribution in [0.3, 0.4) is 0 Å². The van der Waals surface area contributed by atoms with Crippen LogP contribution in [0.1, 0.15) is 39.5 Å². The van der Waals surface area contributed by atoms with Gasteiger partial charge in [0.1, 0.15) is 0 Å². The molecule has 0 radical (unpaired) electrons. The third-order valence-corrected chi connectivity index (χ3v) is 3.59. The van der Waals surface area contributed by atoms with Gasteiger partial charge in [0, 0.05) is 6.61 Å². The average Bonchev–Trinajstić information content (AvgIpc) is 2.90. The van der Waals surface area contributed by atoms with Gasteiger partial charge in [-0.3, -0.25) is 4.79 Å². The Kier molecular flexibility index (Phi) is 4.52. The van der Waals surface area contributed by atoms with E-state index in [4.69, 9.17) is 10.2 Å². The zero-order valence-electron chi connectivity index (χ0n) is 10.6. The number of aliphatic hydroxyl groups is 1. The fourth-order valence-corrected chi connectivity index (χ4v) is 1.89. The zero-order chi connectivity index (χ0) is 12.9. The van der Waals surface area contributed by atoms with Gasteiger partial charge in [-0.25, -0.2) is 0 Å². The molecule has 96 valence electrons. The van der Waals surface area contributed by atoms with Crippen molar-refractivity contribution in [3.63, 3.8) is 0 Å². The maximum absolute atomic E-state index is 10.5. The Hall–Kier alpha value is -1.09. The molecule has 0 saturated carbocycles. The second kappa shape index (κ2) is 5.50. The smallest absolute Gasteiger partial charge is 0.309 e. The van der Waals surface area contributed by atoms with Crippen molar-refractivity contribution in [2.24, 2.45) is 10.8 Å². The summed E-state index contributed by atoms with van der Waals surface area (Å²) in [5.74, 6) is -0.688. The summed E-state index contributed by atoms with van der Waals surface area (Å²) < 4.78 is 0. The summed E-state index contributed by atoms with van der Waals surface area (Å²) in [5.41, 5.74) is -0.319. The van der Waals surface area contributed by atoms with Crippen LogP contribution in [0.5, 0.6) is 0 Å². The van der Waals surface area contributed by atoms with E-state index in [1.54, 1.807) is 6.92 Å². The van der Waals surface area contributed by atoms with Crippen LogP contribution in [0.15, 0.2) is 24.3 Å². The van der Waals surface area contributed by atoms with Crippen molar-refractivity contribution < 1.29 is 15.0 Å². The van der Waals surface area contributed by atoms with Gasteiger partial charge >= 0.3 is 5.97 Å². The van der Waals surface area contributed by atoms with Crippen molar-refractivity contribution in [2.75, 3.05) is 6.61 Å². The number of carboxylic acid groups (broad SMARTS) is 1. The highest BCUT2D eigenvalue weighted by Gasteiger charge is 2.33. The van der Waals surface area contributed by atoms with Gasteiger partial charge in [-0.1, -0.05) is 31.2 Å². The standard InChI is InChI=1S/C7H10O2.C7H12O/c1-7(6(8)9)4-2-3-5-7;1-7(6-8)4-2-3-5-7/h2-3H,4-5H2,1H3,(H,8,9);2-3,8H,4-6H2,1H3. The maximum atomic E-state index is 10.5. The van der Waals surface area contributed by atoms with E-state index in [0.717, 1.165) is 12.8 Å². The Labute approximate surface area is 103 Å². The lowest BCUT2D eigenvalue weighted by molar-refractivity contribution is -0.147. The van der Waals surface area contributed by atoms with Crippen LogP contribution in [0.4, 0.5) is 0 Å². The number of aliphatic carboxylic acids is 1. The minimum atomic E-state index is -0.688. The molecule has 2 aliphatic carbocycles. The molecule has 2 aliphatic rings. The summed E-state index contributed by atoms with van der Waals surface area (Å²) in [6, 6.07) is 0. The normalized spacial score (nSPS) is 23.2. The summed E-state index contributed by atoms with van der Waals surface area (Å²) in [5, 5.41) is 17.4. The number of hydrogen-bond donors (Lipinski definition) is 2. The zero-order valence-corrected chi connectivity index (χ0v) is 10.6.